The molecule has 1 nitrogen and oxygen atoms in total. The molecule has 0 aromatic rings. The van der Waals surface area contributed by atoms with Gasteiger partial charge in [-0.3, -0.25) is 4.79 Å². The smallest absolute Gasteiger partial charge is 0.158 e. The first-order valence-corrected chi connectivity index (χ1v) is 4.33. The largest absolute Gasteiger partial charge is 0.295 e. The Kier molecular flexibility index (Phi) is 2.48. The summed E-state index contributed by atoms with van der Waals surface area (Å²) in [5.41, 5.74) is 0. The standard InChI is InChI=1S/C10H16O/c1-7(2)9-4-5-10(11)8(3)6-9/h4-5,7-9H,6H2,1-3H3. The Morgan fingerprint density at radius 2 is 2.18 bits per heavy atom. The molecule has 2 atom stereocenters. The molecule has 0 fully saturated rings. The van der Waals surface area contributed by atoms with Gasteiger partial charge in [0.05, 0.1) is 0 Å². The van der Waals surface area contributed by atoms with Crippen molar-refractivity contribution in [1.82, 2.24) is 0 Å². The van der Waals surface area contributed by atoms with Crippen LogP contribution in [-0.2, 0) is 4.79 Å². The minimum atomic E-state index is 0.243. The van der Waals surface area contributed by atoms with E-state index in [0.717, 1.165) is 6.42 Å². The maximum atomic E-state index is 11.1. The number of carbonyl (C=O) groups is 1. The van der Waals surface area contributed by atoms with Crippen LogP contribution in [0.25, 0.3) is 0 Å². The fourth-order valence-corrected chi connectivity index (χ4v) is 1.48. The summed E-state index contributed by atoms with van der Waals surface area (Å²) in [6.45, 7) is 6.43. The summed E-state index contributed by atoms with van der Waals surface area (Å²) in [7, 11) is 0. The van der Waals surface area contributed by atoms with Crippen LogP contribution in [0, 0.1) is 17.8 Å². The summed E-state index contributed by atoms with van der Waals surface area (Å²) in [6, 6.07) is 0. The molecular weight excluding hydrogens is 136 g/mol. The van der Waals surface area contributed by atoms with Crippen molar-refractivity contribution >= 4 is 5.78 Å². The molecule has 62 valence electrons. The number of ketones is 1. The van der Waals surface area contributed by atoms with Gasteiger partial charge < -0.3 is 0 Å². The van der Waals surface area contributed by atoms with Gasteiger partial charge in [-0.2, -0.15) is 0 Å². The Morgan fingerprint density at radius 3 is 2.64 bits per heavy atom. The van der Waals surface area contributed by atoms with E-state index in [1.165, 1.54) is 0 Å². The second-order valence-electron chi connectivity index (χ2n) is 3.81. The Balaban J connectivity index is 2.63. The minimum absolute atomic E-state index is 0.243. The molecular formula is C10H16O. The molecule has 0 aromatic carbocycles. The lowest BCUT2D eigenvalue weighted by atomic mass is 9.81. The third-order valence-electron chi connectivity index (χ3n) is 2.48. The zero-order valence-electron chi connectivity index (χ0n) is 7.50. The molecule has 0 bridgehead atoms. The predicted octanol–water partition coefficient (Wildman–Crippen LogP) is 2.42. The number of hydrogen-bond donors (Lipinski definition) is 0. The maximum absolute atomic E-state index is 11.1. The zero-order valence-corrected chi connectivity index (χ0v) is 7.50. The van der Waals surface area contributed by atoms with E-state index in [2.05, 4.69) is 19.9 Å². The zero-order chi connectivity index (χ0) is 8.43. The van der Waals surface area contributed by atoms with Crippen LogP contribution in [0.1, 0.15) is 27.2 Å². The van der Waals surface area contributed by atoms with E-state index in [4.69, 9.17) is 0 Å². The van der Waals surface area contributed by atoms with Crippen LogP contribution in [-0.4, -0.2) is 5.78 Å². The molecule has 0 saturated heterocycles. The van der Waals surface area contributed by atoms with Crippen LogP contribution in [0.4, 0.5) is 0 Å². The summed E-state index contributed by atoms with van der Waals surface area (Å²) < 4.78 is 0. The number of carbonyl (C=O) groups excluding carboxylic acids is 1. The molecule has 1 aliphatic rings. The van der Waals surface area contributed by atoms with Crippen molar-refractivity contribution in [3.63, 3.8) is 0 Å². The lowest BCUT2D eigenvalue weighted by Crippen LogP contribution is -2.20. The molecule has 1 aliphatic carbocycles. The van der Waals surface area contributed by atoms with Crippen LogP contribution in [0.2, 0.25) is 0 Å². The molecule has 0 saturated carbocycles. The van der Waals surface area contributed by atoms with Crippen molar-refractivity contribution in [3.05, 3.63) is 12.2 Å². The van der Waals surface area contributed by atoms with Crippen LogP contribution in [0.5, 0.6) is 0 Å². The summed E-state index contributed by atoms with van der Waals surface area (Å²) in [6.07, 6.45) is 4.85. The molecule has 2 unspecified atom stereocenters. The summed E-state index contributed by atoms with van der Waals surface area (Å²) in [5, 5.41) is 0. The van der Waals surface area contributed by atoms with Gasteiger partial charge in [-0.1, -0.05) is 26.8 Å². The first-order chi connectivity index (χ1) is 5.11. The molecule has 0 N–H and O–H groups in total. The van der Waals surface area contributed by atoms with Crippen molar-refractivity contribution in [3.8, 4) is 0 Å². The van der Waals surface area contributed by atoms with Gasteiger partial charge in [0.2, 0.25) is 0 Å². The van der Waals surface area contributed by atoms with Crippen LogP contribution < -0.4 is 0 Å². The average molecular weight is 152 g/mol. The lowest BCUT2D eigenvalue weighted by Gasteiger charge is -2.23. The van der Waals surface area contributed by atoms with Gasteiger partial charge in [-0.05, 0) is 24.3 Å². The van der Waals surface area contributed by atoms with Crippen LogP contribution in [0.3, 0.4) is 0 Å². The van der Waals surface area contributed by atoms with Gasteiger partial charge in [0.15, 0.2) is 5.78 Å². The van der Waals surface area contributed by atoms with E-state index >= 15 is 0 Å². The molecule has 0 aliphatic heterocycles. The van der Waals surface area contributed by atoms with Gasteiger partial charge in [0, 0.05) is 5.92 Å². The molecule has 0 heterocycles. The first kappa shape index (κ1) is 8.51. The van der Waals surface area contributed by atoms with Gasteiger partial charge in [-0.15, -0.1) is 0 Å². The highest BCUT2D eigenvalue weighted by Gasteiger charge is 2.22. The van der Waals surface area contributed by atoms with Crippen molar-refractivity contribution in [2.75, 3.05) is 0 Å². The minimum Gasteiger partial charge on any atom is -0.295 e. The number of allylic oxidation sites excluding steroid dienone is 2. The van der Waals surface area contributed by atoms with Gasteiger partial charge in [-0.25, -0.2) is 0 Å². The van der Waals surface area contributed by atoms with Crippen molar-refractivity contribution in [1.29, 1.82) is 0 Å². The van der Waals surface area contributed by atoms with Crippen LogP contribution >= 0.6 is 0 Å². The maximum Gasteiger partial charge on any atom is 0.158 e. The predicted molar refractivity (Wildman–Crippen MR) is 46.3 cm³/mol. The summed E-state index contributed by atoms with van der Waals surface area (Å²) in [4.78, 5) is 11.1. The monoisotopic (exact) mass is 152 g/mol. The van der Waals surface area contributed by atoms with E-state index in [1.54, 1.807) is 6.08 Å². The highest BCUT2D eigenvalue weighted by Crippen LogP contribution is 2.26. The first-order valence-electron chi connectivity index (χ1n) is 4.33. The van der Waals surface area contributed by atoms with E-state index < -0.39 is 0 Å². The molecule has 0 aromatic heterocycles. The lowest BCUT2D eigenvalue weighted by molar-refractivity contribution is -0.118. The Hall–Kier alpha value is -0.590. The van der Waals surface area contributed by atoms with Gasteiger partial charge >= 0.3 is 0 Å². The quantitative estimate of drug-likeness (QED) is 0.564. The van der Waals surface area contributed by atoms with E-state index in [-0.39, 0.29) is 5.92 Å². The van der Waals surface area contributed by atoms with Crippen molar-refractivity contribution < 1.29 is 4.79 Å². The molecule has 0 amide bonds. The summed E-state index contributed by atoms with van der Waals surface area (Å²) in [5.74, 6) is 1.82. The average Bonchev–Trinajstić information content (AvgIpc) is 1.94. The van der Waals surface area contributed by atoms with Gasteiger partial charge in [0.25, 0.3) is 0 Å². The van der Waals surface area contributed by atoms with E-state index in [0.29, 0.717) is 17.6 Å². The third kappa shape index (κ3) is 1.92. The molecule has 11 heavy (non-hydrogen) atoms. The normalized spacial score (nSPS) is 31.5. The van der Waals surface area contributed by atoms with Gasteiger partial charge in [0.1, 0.15) is 0 Å². The second-order valence-corrected chi connectivity index (χ2v) is 3.81. The molecule has 0 radical (unpaired) electrons. The number of hydrogen-bond acceptors (Lipinski definition) is 1. The SMILES string of the molecule is CC1CC(C(C)C)C=CC1=O. The van der Waals surface area contributed by atoms with E-state index in [9.17, 15) is 4.79 Å². The van der Waals surface area contributed by atoms with Crippen LogP contribution in [0.15, 0.2) is 12.2 Å². The fourth-order valence-electron chi connectivity index (χ4n) is 1.48. The highest BCUT2D eigenvalue weighted by atomic mass is 16.1. The topological polar surface area (TPSA) is 17.1 Å². The Morgan fingerprint density at radius 1 is 1.55 bits per heavy atom. The Bertz CT molecular complexity index is 179. The summed E-state index contributed by atoms with van der Waals surface area (Å²) >= 11 is 0. The third-order valence-corrected chi connectivity index (χ3v) is 2.48. The second kappa shape index (κ2) is 3.21. The Labute approximate surface area is 68.5 Å². The molecule has 0 spiro atoms. The van der Waals surface area contributed by atoms with Crippen molar-refractivity contribution in [2.45, 2.75) is 27.2 Å². The van der Waals surface area contributed by atoms with E-state index in [1.807, 2.05) is 6.92 Å². The molecule has 1 heteroatoms. The van der Waals surface area contributed by atoms with Crippen molar-refractivity contribution in [2.24, 2.45) is 17.8 Å². The number of rotatable bonds is 1. The fraction of sp³-hybridized carbons (Fsp3) is 0.700. The highest BCUT2D eigenvalue weighted by molar-refractivity contribution is 5.92. The molecule has 1 rings (SSSR count).